The van der Waals surface area contributed by atoms with Gasteiger partial charge in [0.2, 0.25) is 0 Å². The standard InChI is InChI=1S/C62H41NO/c1-3-13-42(14-4-1)44-25-27-45(28-26-44)47-31-35-52(36-32-47)63(51-33-29-46(30-34-51)43-15-5-2-6-16-43)53-37-38-60-58(41-53)57-39-49-18-7-8-19-50(49)40-59(57)62-56(23-12-24-61(62)64-60)55-22-11-20-48-17-9-10-21-54(48)55/h1-41H. The minimum absolute atomic E-state index is 0.822. The Balaban J connectivity index is 1.01. The fourth-order valence-corrected chi connectivity index (χ4v) is 9.49. The van der Waals surface area contributed by atoms with Crippen LogP contribution in [-0.4, -0.2) is 0 Å². The van der Waals surface area contributed by atoms with Gasteiger partial charge in [0.15, 0.2) is 0 Å². The Labute approximate surface area is 373 Å². The van der Waals surface area contributed by atoms with Crippen molar-refractivity contribution < 1.29 is 4.74 Å². The molecule has 300 valence electrons. The van der Waals surface area contributed by atoms with Crippen LogP contribution in [0.15, 0.2) is 249 Å². The molecule has 12 rings (SSSR count). The second-order valence-electron chi connectivity index (χ2n) is 16.5. The van der Waals surface area contributed by atoms with Gasteiger partial charge in [-0.05, 0) is 138 Å². The van der Waals surface area contributed by atoms with Gasteiger partial charge >= 0.3 is 0 Å². The second-order valence-corrected chi connectivity index (χ2v) is 16.5. The molecule has 1 aliphatic rings. The highest BCUT2D eigenvalue weighted by Gasteiger charge is 2.26. The van der Waals surface area contributed by atoms with Crippen LogP contribution in [0, 0.1) is 0 Å². The SMILES string of the molecule is c1ccc(-c2ccc(-c3ccc(N(c4ccc(-c5ccccc5)cc4)c4ccc5c(c4)-c4cc6ccccc6cc4-c4c(cccc4-c4cccc6ccccc46)O5)cc3)cc2)cc1. The first kappa shape index (κ1) is 37.3. The van der Waals surface area contributed by atoms with Crippen molar-refractivity contribution in [2.45, 2.75) is 0 Å². The van der Waals surface area contributed by atoms with E-state index in [0.29, 0.717) is 0 Å². The number of fused-ring (bicyclic) bond motifs is 7. The summed E-state index contributed by atoms with van der Waals surface area (Å²) in [6.07, 6.45) is 0. The van der Waals surface area contributed by atoms with E-state index in [4.69, 9.17) is 4.74 Å². The van der Waals surface area contributed by atoms with Gasteiger partial charge in [0.1, 0.15) is 11.5 Å². The number of anilines is 3. The van der Waals surface area contributed by atoms with Crippen LogP contribution in [0.4, 0.5) is 17.1 Å². The van der Waals surface area contributed by atoms with Gasteiger partial charge in [-0.15, -0.1) is 0 Å². The van der Waals surface area contributed by atoms with Gasteiger partial charge in [-0.25, -0.2) is 0 Å². The summed E-state index contributed by atoms with van der Waals surface area (Å²) >= 11 is 0. The van der Waals surface area contributed by atoms with Gasteiger partial charge in [0.25, 0.3) is 0 Å². The molecular weight excluding hydrogens is 775 g/mol. The first-order valence-electron chi connectivity index (χ1n) is 21.9. The molecule has 0 spiro atoms. The van der Waals surface area contributed by atoms with E-state index >= 15 is 0 Å². The average molecular weight is 816 g/mol. The van der Waals surface area contributed by atoms with Crippen LogP contribution in [-0.2, 0) is 0 Å². The molecule has 0 radical (unpaired) electrons. The number of nitrogens with zero attached hydrogens (tertiary/aromatic N) is 1. The lowest BCUT2D eigenvalue weighted by Crippen LogP contribution is -2.10. The third kappa shape index (κ3) is 6.70. The first-order chi connectivity index (χ1) is 31.7. The summed E-state index contributed by atoms with van der Waals surface area (Å²) in [5.74, 6) is 1.66. The summed E-state index contributed by atoms with van der Waals surface area (Å²) in [6.45, 7) is 0. The van der Waals surface area contributed by atoms with E-state index in [-0.39, 0.29) is 0 Å². The molecule has 0 aliphatic carbocycles. The second kappa shape index (κ2) is 15.8. The minimum Gasteiger partial charge on any atom is -0.456 e. The maximum Gasteiger partial charge on any atom is 0.135 e. The molecular formula is C62H41NO. The van der Waals surface area contributed by atoms with Crippen molar-refractivity contribution in [3.63, 3.8) is 0 Å². The van der Waals surface area contributed by atoms with Crippen molar-refractivity contribution >= 4 is 38.6 Å². The molecule has 64 heavy (non-hydrogen) atoms. The largest absolute Gasteiger partial charge is 0.456 e. The highest BCUT2D eigenvalue weighted by atomic mass is 16.5. The zero-order valence-electron chi connectivity index (χ0n) is 35.0. The lowest BCUT2D eigenvalue weighted by atomic mass is 9.86. The van der Waals surface area contributed by atoms with Crippen LogP contribution in [0.1, 0.15) is 0 Å². The minimum atomic E-state index is 0.822. The van der Waals surface area contributed by atoms with Crippen molar-refractivity contribution in [3.8, 4) is 78.3 Å². The summed E-state index contributed by atoms with van der Waals surface area (Å²) < 4.78 is 7.08. The van der Waals surface area contributed by atoms with Crippen LogP contribution in [0.3, 0.4) is 0 Å². The number of rotatable bonds is 7. The van der Waals surface area contributed by atoms with Crippen LogP contribution in [0.25, 0.3) is 88.3 Å². The molecule has 0 bridgehead atoms. The Bertz CT molecular complexity index is 3480. The molecule has 2 heteroatoms. The molecule has 1 aliphatic heterocycles. The zero-order chi connectivity index (χ0) is 42.4. The van der Waals surface area contributed by atoms with Crippen molar-refractivity contribution in [1.29, 1.82) is 0 Å². The molecule has 0 saturated carbocycles. The summed E-state index contributed by atoms with van der Waals surface area (Å²) in [7, 11) is 0. The third-order valence-corrected chi connectivity index (χ3v) is 12.7. The van der Waals surface area contributed by atoms with Crippen molar-refractivity contribution in [2.24, 2.45) is 0 Å². The molecule has 0 unspecified atom stereocenters. The fraction of sp³-hybridized carbons (Fsp3) is 0. The van der Waals surface area contributed by atoms with Crippen LogP contribution in [0.5, 0.6) is 11.5 Å². The van der Waals surface area contributed by atoms with E-state index in [1.54, 1.807) is 0 Å². The molecule has 2 nitrogen and oxygen atoms in total. The van der Waals surface area contributed by atoms with Gasteiger partial charge in [0.05, 0.1) is 0 Å². The Morgan fingerprint density at radius 3 is 1.31 bits per heavy atom. The van der Waals surface area contributed by atoms with E-state index in [0.717, 1.165) is 56.4 Å². The number of hydrogen-bond acceptors (Lipinski definition) is 2. The molecule has 11 aromatic rings. The van der Waals surface area contributed by atoms with Crippen molar-refractivity contribution in [2.75, 3.05) is 4.90 Å². The van der Waals surface area contributed by atoms with E-state index in [1.807, 2.05) is 0 Å². The topological polar surface area (TPSA) is 12.5 Å². The third-order valence-electron chi connectivity index (χ3n) is 12.7. The van der Waals surface area contributed by atoms with E-state index < -0.39 is 0 Å². The first-order valence-corrected chi connectivity index (χ1v) is 21.9. The van der Waals surface area contributed by atoms with Gasteiger partial charge in [-0.1, -0.05) is 188 Å². The average Bonchev–Trinajstić information content (AvgIpc) is 3.50. The predicted molar refractivity (Wildman–Crippen MR) is 269 cm³/mol. The Morgan fingerprint density at radius 2 is 0.703 bits per heavy atom. The lowest BCUT2D eigenvalue weighted by Gasteiger charge is -2.27. The fourth-order valence-electron chi connectivity index (χ4n) is 9.49. The highest BCUT2D eigenvalue weighted by molar-refractivity contribution is 6.07. The zero-order valence-corrected chi connectivity index (χ0v) is 35.0. The normalized spacial score (nSPS) is 11.6. The number of ether oxygens (including phenoxy) is 1. The summed E-state index contributed by atoms with van der Waals surface area (Å²) in [5.41, 5.74) is 17.1. The smallest absolute Gasteiger partial charge is 0.135 e. The monoisotopic (exact) mass is 815 g/mol. The van der Waals surface area contributed by atoms with Gasteiger partial charge in [-0.2, -0.15) is 0 Å². The molecule has 0 fully saturated rings. The lowest BCUT2D eigenvalue weighted by molar-refractivity contribution is 0.488. The van der Waals surface area contributed by atoms with Crippen LogP contribution in [0.2, 0.25) is 0 Å². The van der Waals surface area contributed by atoms with Gasteiger partial charge in [-0.3, -0.25) is 0 Å². The maximum atomic E-state index is 7.08. The van der Waals surface area contributed by atoms with E-state index in [1.165, 1.54) is 60.5 Å². The molecule has 0 atom stereocenters. The maximum absolute atomic E-state index is 7.08. The van der Waals surface area contributed by atoms with E-state index in [2.05, 4.69) is 254 Å². The molecule has 0 amide bonds. The summed E-state index contributed by atoms with van der Waals surface area (Å²) in [4.78, 5) is 2.36. The van der Waals surface area contributed by atoms with E-state index in [9.17, 15) is 0 Å². The summed E-state index contributed by atoms with van der Waals surface area (Å²) in [5, 5.41) is 4.80. The number of benzene rings is 11. The summed E-state index contributed by atoms with van der Waals surface area (Å²) in [6, 6.07) is 89.5. The molecule has 1 heterocycles. The Morgan fingerprint density at radius 1 is 0.250 bits per heavy atom. The Hall–Kier alpha value is -8.46. The quantitative estimate of drug-likeness (QED) is 0.159. The highest BCUT2D eigenvalue weighted by Crippen LogP contribution is 2.53. The molecule has 0 aromatic heterocycles. The molecule has 0 saturated heterocycles. The Kier molecular flexibility index (Phi) is 9.20. The van der Waals surface area contributed by atoms with Crippen molar-refractivity contribution in [3.05, 3.63) is 249 Å². The van der Waals surface area contributed by atoms with Crippen LogP contribution >= 0.6 is 0 Å². The van der Waals surface area contributed by atoms with Crippen LogP contribution < -0.4 is 9.64 Å². The number of hydrogen-bond donors (Lipinski definition) is 0. The van der Waals surface area contributed by atoms with Crippen molar-refractivity contribution in [1.82, 2.24) is 0 Å². The predicted octanol–water partition coefficient (Wildman–Crippen LogP) is 17.6. The molecule has 0 N–H and O–H groups in total. The van der Waals surface area contributed by atoms with Gasteiger partial charge < -0.3 is 9.64 Å². The molecule has 11 aromatic carbocycles. The van der Waals surface area contributed by atoms with Gasteiger partial charge in [0, 0.05) is 28.2 Å².